The lowest BCUT2D eigenvalue weighted by molar-refractivity contribution is -0.0110. The fourth-order valence-corrected chi connectivity index (χ4v) is 2.69. The average molecular weight is 296 g/mol. The van der Waals surface area contributed by atoms with Crippen molar-refractivity contribution in [1.29, 1.82) is 0 Å². The fraction of sp³-hybridized carbons (Fsp3) is 0.667. The van der Waals surface area contributed by atoms with E-state index in [1.165, 1.54) is 0 Å². The van der Waals surface area contributed by atoms with Gasteiger partial charge >= 0.3 is 0 Å². The van der Waals surface area contributed by atoms with E-state index in [0.717, 1.165) is 5.76 Å². The second kappa shape index (κ2) is 7.06. The minimum absolute atomic E-state index is 0.00240. The molecule has 2 heterocycles. The molecule has 1 unspecified atom stereocenters. The molecule has 21 heavy (non-hydrogen) atoms. The number of amides is 1. The third kappa shape index (κ3) is 3.84. The number of furan rings is 1. The smallest absolute Gasteiger partial charge is 0.257 e. The molecule has 0 saturated carbocycles. The number of nitrogens with zero attached hydrogens (tertiary/aromatic N) is 2. The molecule has 1 aromatic rings. The number of carbonyl (C=O) groups excluding carboxylic acids is 1. The van der Waals surface area contributed by atoms with Crippen LogP contribution in [0, 0.1) is 13.8 Å². The molecule has 0 aliphatic carbocycles. The summed E-state index contributed by atoms with van der Waals surface area (Å²) in [4.78, 5) is 16.6. The van der Waals surface area contributed by atoms with Crippen LogP contribution in [-0.2, 0) is 4.74 Å². The van der Waals surface area contributed by atoms with Crippen LogP contribution >= 0.6 is 0 Å². The Morgan fingerprint density at radius 3 is 2.90 bits per heavy atom. The van der Waals surface area contributed by atoms with Gasteiger partial charge in [-0.05, 0) is 27.0 Å². The summed E-state index contributed by atoms with van der Waals surface area (Å²) in [6.45, 7) is 6.70. The van der Waals surface area contributed by atoms with Gasteiger partial charge in [-0.1, -0.05) is 0 Å². The van der Waals surface area contributed by atoms with E-state index in [1.54, 1.807) is 6.07 Å². The van der Waals surface area contributed by atoms with Crippen LogP contribution in [-0.4, -0.2) is 73.4 Å². The van der Waals surface area contributed by atoms with Gasteiger partial charge in [0.05, 0.1) is 31.4 Å². The first kappa shape index (κ1) is 16.0. The fourth-order valence-electron chi connectivity index (χ4n) is 2.69. The SMILES string of the molecule is Cc1cc(C(=O)N2CCOCC2CN(C)CCO)c(C)o1. The predicted octanol–water partition coefficient (Wildman–Crippen LogP) is 0.662. The van der Waals surface area contributed by atoms with E-state index in [4.69, 9.17) is 14.3 Å². The first-order valence-electron chi connectivity index (χ1n) is 7.28. The van der Waals surface area contributed by atoms with E-state index in [2.05, 4.69) is 0 Å². The van der Waals surface area contributed by atoms with E-state index in [9.17, 15) is 4.79 Å². The molecule has 1 aliphatic heterocycles. The van der Waals surface area contributed by atoms with E-state index in [0.29, 0.717) is 44.2 Å². The lowest BCUT2D eigenvalue weighted by Gasteiger charge is -2.37. The number of morpholine rings is 1. The van der Waals surface area contributed by atoms with Gasteiger partial charge in [-0.2, -0.15) is 0 Å². The zero-order valence-corrected chi connectivity index (χ0v) is 13.0. The molecule has 0 bridgehead atoms. The van der Waals surface area contributed by atoms with Crippen molar-refractivity contribution in [3.05, 3.63) is 23.2 Å². The highest BCUT2D eigenvalue weighted by Crippen LogP contribution is 2.19. The highest BCUT2D eigenvalue weighted by molar-refractivity contribution is 5.95. The summed E-state index contributed by atoms with van der Waals surface area (Å²) in [6, 6.07) is 1.79. The van der Waals surface area contributed by atoms with Gasteiger partial charge in [-0.15, -0.1) is 0 Å². The standard InChI is InChI=1S/C15H24N2O4/c1-11-8-14(12(2)21-11)15(19)17-5-7-20-10-13(17)9-16(3)4-6-18/h8,13,18H,4-7,9-10H2,1-3H3. The van der Waals surface area contributed by atoms with E-state index >= 15 is 0 Å². The number of aryl methyl sites for hydroxylation is 2. The molecule has 2 rings (SSSR count). The lowest BCUT2D eigenvalue weighted by atomic mass is 10.1. The van der Waals surface area contributed by atoms with Crippen molar-refractivity contribution in [1.82, 2.24) is 9.80 Å². The second-order valence-electron chi connectivity index (χ2n) is 5.54. The number of carbonyl (C=O) groups is 1. The molecule has 0 aromatic carbocycles. The van der Waals surface area contributed by atoms with Crippen LogP contribution in [0.25, 0.3) is 0 Å². The molecular weight excluding hydrogens is 272 g/mol. The first-order chi connectivity index (χ1) is 10.0. The van der Waals surface area contributed by atoms with Crippen LogP contribution in [0.2, 0.25) is 0 Å². The van der Waals surface area contributed by atoms with Crippen LogP contribution in [0.15, 0.2) is 10.5 Å². The molecule has 1 fully saturated rings. The minimum Gasteiger partial charge on any atom is -0.466 e. The van der Waals surface area contributed by atoms with Gasteiger partial charge in [0, 0.05) is 19.6 Å². The normalized spacial score (nSPS) is 19.3. The van der Waals surface area contributed by atoms with Crippen LogP contribution in [0.5, 0.6) is 0 Å². The minimum atomic E-state index is -0.00458. The number of likely N-dealkylation sites (N-methyl/N-ethyl adjacent to an activating group) is 1. The Kier molecular flexibility index (Phi) is 5.39. The lowest BCUT2D eigenvalue weighted by Crippen LogP contribution is -2.53. The van der Waals surface area contributed by atoms with Gasteiger partial charge in [-0.3, -0.25) is 4.79 Å². The maximum absolute atomic E-state index is 12.7. The van der Waals surface area contributed by atoms with E-state index in [1.807, 2.05) is 30.7 Å². The molecule has 1 amide bonds. The summed E-state index contributed by atoms with van der Waals surface area (Å²) in [7, 11) is 1.93. The van der Waals surface area contributed by atoms with Gasteiger partial charge in [0.1, 0.15) is 11.5 Å². The maximum atomic E-state index is 12.7. The molecular formula is C15H24N2O4. The third-order valence-corrected chi connectivity index (χ3v) is 3.76. The number of hydrogen-bond donors (Lipinski definition) is 1. The van der Waals surface area contributed by atoms with Crippen LogP contribution in [0.3, 0.4) is 0 Å². The average Bonchev–Trinajstić information content (AvgIpc) is 2.78. The summed E-state index contributed by atoms with van der Waals surface area (Å²) in [5.41, 5.74) is 0.629. The maximum Gasteiger partial charge on any atom is 0.257 e. The third-order valence-electron chi connectivity index (χ3n) is 3.76. The van der Waals surface area contributed by atoms with Crippen molar-refractivity contribution < 1.29 is 19.1 Å². The number of hydrogen-bond acceptors (Lipinski definition) is 5. The van der Waals surface area contributed by atoms with Crippen molar-refractivity contribution in [2.75, 3.05) is 46.5 Å². The number of rotatable bonds is 5. The van der Waals surface area contributed by atoms with Gasteiger partial charge in [-0.25, -0.2) is 0 Å². The summed E-state index contributed by atoms with van der Waals surface area (Å²) >= 11 is 0. The number of aliphatic hydroxyl groups is 1. The highest BCUT2D eigenvalue weighted by Gasteiger charge is 2.30. The molecule has 1 aromatic heterocycles. The van der Waals surface area contributed by atoms with Crippen molar-refractivity contribution in [3.63, 3.8) is 0 Å². The quantitative estimate of drug-likeness (QED) is 0.865. The van der Waals surface area contributed by atoms with Gasteiger partial charge < -0.3 is 24.1 Å². The van der Waals surface area contributed by atoms with Gasteiger partial charge in [0.25, 0.3) is 5.91 Å². The van der Waals surface area contributed by atoms with Crippen LogP contribution < -0.4 is 0 Å². The molecule has 1 N–H and O–H groups in total. The molecule has 6 heteroatoms. The molecule has 0 radical (unpaired) electrons. The molecule has 1 saturated heterocycles. The molecule has 118 valence electrons. The summed E-state index contributed by atoms with van der Waals surface area (Å²) in [6.07, 6.45) is 0. The highest BCUT2D eigenvalue weighted by atomic mass is 16.5. The van der Waals surface area contributed by atoms with Gasteiger partial charge in [0.15, 0.2) is 0 Å². The number of ether oxygens (including phenoxy) is 1. The van der Waals surface area contributed by atoms with Crippen molar-refractivity contribution in [2.24, 2.45) is 0 Å². The second-order valence-corrected chi connectivity index (χ2v) is 5.54. The molecule has 1 atom stereocenters. The van der Waals surface area contributed by atoms with E-state index in [-0.39, 0.29) is 18.6 Å². The Morgan fingerprint density at radius 1 is 1.52 bits per heavy atom. The largest absolute Gasteiger partial charge is 0.466 e. The van der Waals surface area contributed by atoms with Crippen molar-refractivity contribution in [3.8, 4) is 0 Å². The summed E-state index contributed by atoms with van der Waals surface area (Å²) in [5, 5.41) is 8.99. The predicted molar refractivity (Wildman–Crippen MR) is 78.4 cm³/mol. The Bertz CT molecular complexity index is 486. The Hall–Kier alpha value is -1.37. The van der Waals surface area contributed by atoms with E-state index < -0.39 is 0 Å². The zero-order chi connectivity index (χ0) is 15.4. The van der Waals surface area contributed by atoms with Crippen molar-refractivity contribution >= 4 is 5.91 Å². The Morgan fingerprint density at radius 2 is 2.29 bits per heavy atom. The summed E-state index contributed by atoms with van der Waals surface area (Å²) < 4.78 is 11.0. The van der Waals surface area contributed by atoms with Crippen LogP contribution in [0.1, 0.15) is 21.9 Å². The summed E-state index contributed by atoms with van der Waals surface area (Å²) in [5.74, 6) is 1.40. The molecule has 6 nitrogen and oxygen atoms in total. The van der Waals surface area contributed by atoms with Gasteiger partial charge in [0.2, 0.25) is 0 Å². The topological polar surface area (TPSA) is 66.2 Å². The zero-order valence-electron chi connectivity index (χ0n) is 13.0. The first-order valence-corrected chi connectivity index (χ1v) is 7.28. The van der Waals surface area contributed by atoms with Crippen LogP contribution in [0.4, 0.5) is 0 Å². The monoisotopic (exact) mass is 296 g/mol. The Balaban J connectivity index is 2.10. The number of aliphatic hydroxyl groups excluding tert-OH is 1. The molecule has 1 aliphatic rings. The Labute approximate surface area is 125 Å². The molecule has 0 spiro atoms. The van der Waals surface area contributed by atoms with Crippen molar-refractivity contribution in [2.45, 2.75) is 19.9 Å².